The molecule has 0 bridgehead atoms. The fraction of sp³-hybridized carbons (Fsp3) is 0.667. The molecule has 3 nitrogen and oxygen atoms in total. The van der Waals surface area contributed by atoms with Gasteiger partial charge < -0.3 is 5.32 Å². The highest BCUT2D eigenvalue weighted by atomic mass is 15.1. The van der Waals surface area contributed by atoms with E-state index in [0.29, 0.717) is 6.04 Å². The van der Waals surface area contributed by atoms with Crippen LogP contribution in [-0.4, -0.2) is 35.6 Å². The molecule has 1 aromatic heterocycles. The molecule has 0 spiro atoms. The molecule has 0 saturated carbocycles. The second-order valence-corrected chi connectivity index (χ2v) is 5.30. The van der Waals surface area contributed by atoms with Gasteiger partial charge in [-0.05, 0) is 50.9 Å². The fourth-order valence-corrected chi connectivity index (χ4v) is 2.85. The van der Waals surface area contributed by atoms with Crippen LogP contribution in [0.15, 0.2) is 24.4 Å². The van der Waals surface area contributed by atoms with Gasteiger partial charge in [-0.25, -0.2) is 0 Å². The molecule has 1 aliphatic rings. The van der Waals surface area contributed by atoms with Crippen molar-refractivity contribution in [3.05, 3.63) is 30.1 Å². The zero-order valence-electron chi connectivity index (χ0n) is 11.6. The van der Waals surface area contributed by atoms with E-state index in [1.165, 1.54) is 31.6 Å². The van der Waals surface area contributed by atoms with Crippen molar-refractivity contribution in [2.45, 2.75) is 39.3 Å². The summed E-state index contributed by atoms with van der Waals surface area (Å²) in [4.78, 5) is 6.97. The molecule has 100 valence electrons. The molecule has 2 rings (SSSR count). The Balaban J connectivity index is 1.87. The number of nitrogens with one attached hydrogen (secondary N) is 1. The van der Waals surface area contributed by atoms with Crippen LogP contribution in [0.4, 0.5) is 0 Å². The number of pyridine rings is 1. The van der Waals surface area contributed by atoms with Gasteiger partial charge in [-0.3, -0.25) is 9.88 Å². The van der Waals surface area contributed by atoms with Crippen molar-refractivity contribution in [3.8, 4) is 0 Å². The third-order valence-corrected chi connectivity index (χ3v) is 3.89. The molecule has 2 atom stereocenters. The summed E-state index contributed by atoms with van der Waals surface area (Å²) in [5, 5.41) is 3.56. The number of hydrogen-bond acceptors (Lipinski definition) is 3. The van der Waals surface area contributed by atoms with E-state index >= 15 is 0 Å². The zero-order valence-corrected chi connectivity index (χ0v) is 11.6. The van der Waals surface area contributed by atoms with E-state index in [9.17, 15) is 0 Å². The Morgan fingerprint density at radius 2 is 2.39 bits per heavy atom. The minimum atomic E-state index is 0.626. The predicted molar refractivity (Wildman–Crippen MR) is 75.4 cm³/mol. The molecule has 0 aromatic carbocycles. The Labute approximate surface area is 111 Å². The van der Waals surface area contributed by atoms with Crippen LogP contribution in [0.2, 0.25) is 0 Å². The highest BCUT2D eigenvalue weighted by Crippen LogP contribution is 2.20. The monoisotopic (exact) mass is 247 g/mol. The maximum Gasteiger partial charge on any atom is 0.0543 e. The van der Waals surface area contributed by atoms with Crippen LogP contribution < -0.4 is 5.32 Å². The van der Waals surface area contributed by atoms with Crippen LogP contribution >= 0.6 is 0 Å². The summed E-state index contributed by atoms with van der Waals surface area (Å²) in [6, 6.07) is 6.81. The van der Waals surface area contributed by atoms with Crippen molar-refractivity contribution >= 4 is 0 Å². The van der Waals surface area contributed by atoms with Gasteiger partial charge in [0.05, 0.1) is 5.69 Å². The van der Waals surface area contributed by atoms with E-state index in [0.717, 1.165) is 19.0 Å². The van der Waals surface area contributed by atoms with Crippen molar-refractivity contribution in [3.63, 3.8) is 0 Å². The van der Waals surface area contributed by atoms with Gasteiger partial charge in [-0.15, -0.1) is 0 Å². The second kappa shape index (κ2) is 6.86. The average molecular weight is 247 g/mol. The van der Waals surface area contributed by atoms with E-state index in [4.69, 9.17) is 0 Å². The molecule has 2 unspecified atom stereocenters. The molecule has 1 N–H and O–H groups in total. The van der Waals surface area contributed by atoms with Crippen molar-refractivity contribution < 1.29 is 0 Å². The molecule has 1 fully saturated rings. The average Bonchev–Trinajstić information content (AvgIpc) is 2.40. The lowest BCUT2D eigenvalue weighted by Crippen LogP contribution is -2.44. The van der Waals surface area contributed by atoms with Gasteiger partial charge in [-0.1, -0.05) is 13.0 Å². The first kappa shape index (κ1) is 13.5. The van der Waals surface area contributed by atoms with Crippen molar-refractivity contribution in [2.24, 2.45) is 5.92 Å². The van der Waals surface area contributed by atoms with Gasteiger partial charge in [0.25, 0.3) is 0 Å². The standard InChI is InChI=1S/C15H25N3/c1-3-16-13(2)14-7-6-10-18(11-14)12-15-8-4-5-9-17-15/h4-5,8-9,13-14,16H,3,6-7,10-12H2,1-2H3. The molecule has 0 radical (unpaired) electrons. The molecule has 0 aliphatic carbocycles. The molecule has 1 saturated heterocycles. The summed E-state index contributed by atoms with van der Waals surface area (Å²) in [5.74, 6) is 0.780. The summed E-state index contributed by atoms with van der Waals surface area (Å²) in [6.07, 6.45) is 4.55. The van der Waals surface area contributed by atoms with Crippen LogP contribution in [0.5, 0.6) is 0 Å². The highest BCUT2D eigenvalue weighted by Gasteiger charge is 2.24. The molecular formula is C15H25N3. The largest absolute Gasteiger partial charge is 0.314 e. The summed E-state index contributed by atoms with van der Waals surface area (Å²) in [6.45, 7) is 8.98. The van der Waals surface area contributed by atoms with E-state index in [1.54, 1.807) is 0 Å². The van der Waals surface area contributed by atoms with Crippen LogP contribution in [0, 0.1) is 5.92 Å². The van der Waals surface area contributed by atoms with Crippen LogP contribution in [0.3, 0.4) is 0 Å². The van der Waals surface area contributed by atoms with Crippen molar-refractivity contribution in [1.29, 1.82) is 0 Å². The smallest absolute Gasteiger partial charge is 0.0543 e. The van der Waals surface area contributed by atoms with Crippen molar-refractivity contribution in [2.75, 3.05) is 19.6 Å². The number of nitrogens with zero attached hydrogens (tertiary/aromatic N) is 2. The molecular weight excluding hydrogens is 222 g/mol. The number of aromatic nitrogens is 1. The molecule has 18 heavy (non-hydrogen) atoms. The summed E-state index contributed by atoms with van der Waals surface area (Å²) < 4.78 is 0. The lowest BCUT2D eigenvalue weighted by Gasteiger charge is -2.35. The second-order valence-electron chi connectivity index (χ2n) is 5.30. The zero-order chi connectivity index (χ0) is 12.8. The van der Waals surface area contributed by atoms with Gasteiger partial charge in [0.1, 0.15) is 0 Å². The van der Waals surface area contributed by atoms with Gasteiger partial charge >= 0.3 is 0 Å². The maximum absolute atomic E-state index is 4.42. The van der Waals surface area contributed by atoms with E-state index in [1.807, 2.05) is 12.3 Å². The number of likely N-dealkylation sites (tertiary alicyclic amines) is 1. The van der Waals surface area contributed by atoms with E-state index < -0.39 is 0 Å². The summed E-state index contributed by atoms with van der Waals surface area (Å²) in [5.41, 5.74) is 1.19. The van der Waals surface area contributed by atoms with Crippen molar-refractivity contribution in [1.82, 2.24) is 15.2 Å². The molecule has 2 heterocycles. The molecule has 0 amide bonds. The van der Waals surface area contributed by atoms with Crippen LogP contribution in [-0.2, 0) is 6.54 Å². The summed E-state index contributed by atoms with van der Waals surface area (Å²) >= 11 is 0. The van der Waals surface area contributed by atoms with Gasteiger partial charge in [-0.2, -0.15) is 0 Å². The first-order valence-corrected chi connectivity index (χ1v) is 7.15. The van der Waals surface area contributed by atoms with Gasteiger partial charge in [0.2, 0.25) is 0 Å². The van der Waals surface area contributed by atoms with Crippen LogP contribution in [0.25, 0.3) is 0 Å². The lowest BCUT2D eigenvalue weighted by atomic mass is 9.91. The topological polar surface area (TPSA) is 28.2 Å². The Hall–Kier alpha value is -0.930. The molecule has 3 heteroatoms. The number of rotatable bonds is 5. The number of piperidine rings is 1. The quantitative estimate of drug-likeness (QED) is 0.865. The Bertz CT molecular complexity index is 339. The first-order chi connectivity index (χ1) is 8.79. The minimum absolute atomic E-state index is 0.626. The SMILES string of the molecule is CCNC(C)C1CCCN(Cc2ccccn2)C1. The summed E-state index contributed by atoms with van der Waals surface area (Å²) in [7, 11) is 0. The first-order valence-electron chi connectivity index (χ1n) is 7.15. The highest BCUT2D eigenvalue weighted by molar-refractivity contribution is 5.03. The molecule has 1 aliphatic heterocycles. The molecule has 1 aromatic rings. The van der Waals surface area contributed by atoms with Crippen LogP contribution in [0.1, 0.15) is 32.4 Å². The van der Waals surface area contributed by atoms with E-state index in [-0.39, 0.29) is 0 Å². The maximum atomic E-state index is 4.42. The van der Waals surface area contributed by atoms with E-state index in [2.05, 4.69) is 41.2 Å². The Kier molecular flexibility index (Phi) is 5.14. The minimum Gasteiger partial charge on any atom is -0.314 e. The van der Waals surface area contributed by atoms with Gasteiger partial charge in [0, 0.05) is 25.3 Å². The fourth-order valence-electron chi connectivity index (χ4n) is 2.85. The number of hydrogen-bond donors (Lipinski definition) is 1. The third kappa shape index (κ3) is 3.79. The Morgan fingerprint density at radius 1 is 1.50 bits per heavy atom. The lowest BCUT2D eigenvalue weighted by molar-refractivity contribution is 0.144. The van der Waals surface area contributed by atoms with Gasteiger partial charge in [0.15, 0.2) is 0 Å². The third-order valence-electron chi connectivity index (χ3n) is 3.89. The predicted octanol–water partition coefficient (Wildman–Crippen LogP) is 2.29. The Morgan fingerprint density at radius 3 is 3.11 bits per heavy atom. The normalized spacial score (nSPS) is 22.9.